The monoisotopic (exact) mass is 585 g/mol. The van der Waals surface area contributed by atoms with Crippen LogP contribution >= 0.6 is 11.8 Å². The zero-order chi connectivity index (χ0) is 29.6. The highest BCUT2D eigenvalue weighted by Gasteiger charge is 2.26. The van der Waals surface area contributed by atoms with Crippen LogP contribution in [0.3, 0.4) is 0 Å². The van der Waals surface area contributed by atoms with Gasteiger partial charge in [-0.3, -0.25) is 0 Å². The van der Waals surface area contributed by atoms with Gasteiger partial charge in [0, 0.05) is 62.3 Å². The van der Waals surface area contributed by atoms with Gasteiger partial charge in [-0.2, -0.15) is 0 Å². The molecule has 0 bridgehead atoms. The zero-order valence-corrected chi connectivity index (χ0v) is 24.6. The van der Waals surface area contributed by atoms with Crippen LogP contribution in [-0.4, -0.2) is 90.7 Å². The summed E-state index contributed by atoms with van der Waals surface area (Å²) in [7, 11) is 5.52. The molecule has 0 radical (unpaired) electrons. The number of fused-ring (bicyclic) bond motifs is 1. The summed E-state index contributed by atoms with van der Waals surface area (Å²) in [6.07, 6.45) is 5.67. The molecule has 2 N–H and O–H groups in total. The van der Waals surface area contributed by atoms with Gasteiger partial charge in [0.1, 0.15) is 17.2 Å². The average molecular weight is 586 g/mol. The lowest BCUT2D eigenvalue weighted by Gasteiger charge is -2.38. The van der Waals surface area contributed by atoms with Crippen LogP contribution in [0, 0.1) is 0 Å². The lowest BCUT2D eigenvalue weighted by Crippen LogP contribution is -2.45. The normalized spacial score (nSPS) is 15.2. The number of carbonyl (C=O) groups is 2. The van der Waals surface area contributed by atoms with Crippen molar-refractivity contribution in [3.8, 4) is 17.2 Å². The fourth-order valence-corrected chi connectivity index (χ4v) is 5.57. The molecule has 0 atom stereocenters. The average Bonchev–Trinajstić information content (AvgIpc) is 2.99. The molecule has 222 valence electrons. The Morgan fingerprint density at radius 3 is 2.22 bits per heavy atom. The van der Waals surface area contributed by atoms with E-state index in [1.165, 1.54) is 23.6 Å². The van der Waals surface area contributed by atoms with Gasteiger partial charge in [-0.1, -0.05) is 30.0 Å². The summed E-state index contributed by atoms with van der Waals surface area (Å²) in [5.41, 5.74) is 2.47. The Morgan fingerprint density at radius 1 is 1.00 bits per heavy atom. The number of nitrogens with zero attached hydrogens (tertiary/aromatic N) is 3. The number of rotatable bonds is 11. The van der Waals surface area contributed by atoms with Crippen molar-refractivity contribution in [3.05, 3.63) is 60.2 Å². The Kier molecular flexibility index (Phi) is 12.8. The maximum atomic E-state index is 9.55. The van der Waals surface area contributed by atoms with Gasteiger partial charge >= 0.3 is 11.9 Å². The van der Waals surface area contributed by atoms with Crippen molar-refractivity contribution in [3.63, 3.8) is 0 Å². The van der Waals surface area contributed by atoms with Crippen LogP contribution in [-0.2, 0) is 15.3 Å². The topological polar surface area (TPSA) is 121 Å². The molecule has 0 aliphatic carbocycles. The zero-order valence-electron chi connectivity index (χ0n) is 23.8. The minimum Gasteiger partial charge on any atom is -0.496 e. The first-order valence-electron chi connectivity index (χ1n) is 13.5. The van der Waals surface area contributed by atoms with Gasteiger partial charge in [-0.05, 0) is 43.9 Å². The standard InChI is InChI=1S/C26H35N3O3S.C4H4O4/c1-28(26-27-25-9-5-4-8-20(25)19-33-26)21-10-13-29(14-11-21)12-6-7-15-32-24-17-22(30-2)16-23(18-24)31-3;5-3(6)1-2-4(7)8/h4-5,8-9,16-18,21H,6-7,10-15,19H2,1-3H3;1-2H,(H,5,6)(H,7,8)/b;2-1+. The van der Waals surface area contributed by atoms with Crippen LogP contribution < -0.4 is 14.2 Å². The van der Waals surface area contributed by atoms with Gasteiger partial charge in [0.05, 0.1) is 26.5 Å². The molecule has 11 heteroatoms. The summed E-state index contributed by atoms with van der Waals surface area (Å²) >= 11 is 1.86. The fourth-order valence-electron chi connectivity index (χ4n) is 4.52. The number of hydrogen-bond acceptors (Lipinski definition) is 9. The molecule has 0 amide bonds. The van der Waals surface area contributed by atoms with E-state index in [1.54, 1.807) is 14.2 Å². The molecule has 10 nitrogen and oxygen atoms in total. The second-order valence-corrected chi connectivity index (χ2v) is 10.6. The van der Waals surface area contributed by atoms with Crippen molar-refractivity contribution in [1.29, 1.82) is 0 Å². The van der Waals surface area contributed by atoms with Crippen LogP contribution in [0.4, 0.5) is 5.69 Å². The van der Waals surface area contributed by atoms with Crippen molar-refractivity contribution in [2.75, 3.05) is 47.5 Å². The fraction of sp³-hybridized carbons (Fsp3) is 0.433. The van der Waals surface area contributed by atoms with Crippen LogP contribution in [0.25, 0.3) is 0 Å². The van der Waals surface area contributed by atoms with E-state index in [9.17, 15) is 9.59 Å². The smallest absolute Gasteiger partial charge is 0.328 e. The van der Waals surface area contributed by atoms with Gasteiger partial charge in [0.25, 0.3) is 0 Å². The molecule has 41 heavy (non-hydrogen) atoms. The number of piperidine rings is 1. The number of para-hydroxylation sites is 1. The van der Waals surface area contributed by atoms with E-state index in [4.69, 9.17) is 29.4 Å². The Labute approximate surface area is 245 Å². The predicted octanol–water partition coefficient (Wildman–Crippen LogP) is 4.91. The Morgan fingerprint density at radius 2 is 1.61 bits per heavy atom. The molecule has 2 aliphatic rings. The number of ether oxygens (including phenoxy) is 3. The quantitative estimate of drug-likeness (QED) is 0.278. The Balaban J connectivity index is 0.000000507. The largest absolute Gasteiger partial charge is 0.496 e. The van der Waals surface area contributed by atoms with Crippen molar-refractivity contribution >= 4 is 34.6 Å². The first kappa shape index (κ1) is 31.8. The van der Waals surface area contributed by atoms with Gasteiger partial charge in [0.2, 0.25) is 0 Å². The molecular weight excluding hydrogens is 546 g/mol. The molecule has 2 aliphatic heterocycles. The van der Waals surface area contributed by atoms with E-state index in [1.807, 2.05) is 30.0 Å². The minimum absolute atomic E-state index is 0.558. The number of likely N-dealkylation sites (tertiary alicyclic amines) is 1. The van der Waals surface area contributed by atoms with E-state index in [2.05, 4.69) is 41.1 Å². The number of unbranched alkanes of at least 4 members (excludes halogenated alkanes) is 1. The molecule has 2 aromatic carbocycles. The van der Waals surface area contributed by atoms with Crippen LogP contribution in [0.5, 0.6) is 17.2 Å². The first-order chi connectivity index (χ1) is 19.8. The van der Waals surface area contributed by atoms with E-state index in [0.717, 1.165) is 61.2 Å². The second-order valence-electron chi connectivity index (χ2n) is 9.61. The molecule has 0 aromatic heterocycles. The number of hydrogen-bond donors (Lipinski definition) is 2. The van der Waals surface area contributed by atoms with E-state index < -0.39 is 11.9 Å². The number of carboxylic acids is 2. The van der Waals surface area contributed by atoms with E-state index in [-0.39, 0.29) is 0 Å². The number of methoxy groups -OCH3 is 2. The van der Waals surface area contributed by atoms with Gasteiger partial charge in [-0.25, -0.2) is 14.6 Å². The highest BCUT2D eigenvalue weighted by Crippen LogP contribution is 2.33. The summed E-state index contributed by atoms with van der Waals surface area (Å²) in [5.74, 6) is 0.793. The lowest BCUT2D eigenvalue weighted by molar-refractivity contribution is -0.134. The summed E-state index contributed by atoms with van der Waals surface area (Å²) < 4.78 is 16.5. The maximum Gasteiger partial charge on any atom is 0.328 e. The van der Waals surface area contributed by atoms with Crippen LogP contribution in [0.15, 0.2) is 59.6 Å². The molecule has 2 heterocycles. The third-order valence-corrected chi connectivity index (χ3v) is 7.89. The van der Waals surface area contributed by atoms with Crippen LogP contribution in [0.1, 0.15) is 31.2 Å². The van der Waals surface area contributed by atoms with Crippen molar-refractivity contribution in [2.24, 2.45) is 4.99 Å². The van der Waals surface area contributed by atoms with Gasteiger partial charge in [-0.15, -0.1) is 0 Å². The SMILES string of the molecule is COc1cc(OC)cc(OCCCCN2CCC(N(C)C3=Nc4ccccc4CS3)CC2)c1.O=C(O)/C=C/C(=O)O. The number of aliphatic imine (C=N–C) groups is 1. The molecule has 1 saturated heterocycles. The highest BCUT2D eigenvalue weighted by atomic mass is 32.2. The molecule has 0 spiro atoms. The molecule has 0 saturated carbocycles. The molecule has 4 rings (SSSR count). The first-order valence-corrected chi connectivity index (χ1v) is 14.5. The van der Waals surface area contributed by atoms with E-state index in [0.29, 0.717) is 24.8 Å². The maximum absolute atomic E-state index is 9.55. The summed E-state index contributed by atoms with van der Waals surface area (Å²) in [6, 6.07) is 14.7. The number of carboxylic acid groups (broad SMARTS) is 2. The Hall–Kier alpha value is -3.70. The van der Waals surface area contributed by atoms with E-state index >= 15 is 0 Å². The molecular formula is C30H39N3O7S. The van der Waals surface area contributed by atoms with Crippen LogP contribution in [0.2, 0.25) is 0 Å². The predicted molar refractivity (Wildman–Crippen MR) is 161 cm³/mol. The summed E-state index contributed by atoms with van der Waals surface area (Å²) in [4.78, 5) is 29.0. The summed E-state index contributed by atoms with van der Waals surface area (Å²) in [5, 5.41) is 16.8. The lowest BCUT2D eigenvalue weighted by atomic mass is 10.0. The minimum atomic E-state index is -1.26. The number of benzene rings is 2. The van der Waals surface area contributed by atoms with Gasteiger partial charge < -0.3 is 34.2 Å². The molecule has 1 fully saturated rings. The van der Waals surface area contributed by atoms with Crippen molar-refractivity contribution in [2.45, 2.75) is 37.5 Å². The second kappa shape index (κ2) is 16.5. The molecule has 2 aromatic rings. The number of amidine groups is 1. The van der Waals surface area contributed by atoms with Crippen molar-refractivity contribution in [1.82, 2.24) is 9.80 Å². The number of thioether (sulfide) groups is 1. The third kappa shape index (κ3) is 10.7. The number of aliphatic carboxylic acids is 2. The third-order valence-electron chi connectivity index (χ3n) is 6.80. The highest BCUT2D eigenvalue weighted by molar-refractivity contribution is 8.13. The van der Waals surface area contributed by atoms with Gasteiger partial charge in [0.15, 0.2) is 5.17 Å². The molecule has 0 unspecified atom stereocenters. The summed E-state index contributed by atoms with van der Waals surface area (Å²) in [6.45, 7) is 4.13. The Bertz CT molecular complexity index is 1170. The van der Waals surface area contributed by atoms with Crippen molar-refractivity contribution < 1.29 is 34.0 Å².